The van der Waals surface area contributed by atoms with E-state index in [1.807, 2.05) is 0 Å². The van der Waals surface area contributed by atoms with Gasteiger partial charge in [0.25, 0.3) is 0 Å². The van der Waals surface area contributed by atoms with Gasteiger partial charge in [0, 0.05) is 18.7 Å². The van der Waals surface area contributed by atoms with Crippen molar-refractivity contribution in [1.29, 1.82) is 0 Å². The van der Waals surface area contributed by atoms with Crippen LogP contribution in [0.5, 0.6) is 0 Å². The van der Waals surface area contributed by atoms with Crippen LogP contribution in [0.25, 0.3) is 0 Å². The SMILES string of the molecule is O=C([C@@H]1CCCCC12OCCO2)N1CCSC1=S. The Bertz CT molecular complexity index is 368. The van der Waals surface area contributed by atoms with Gasteiger partial charge in [0.15, 0.2) is 5.79 Å². The highest BCUT2D eigenvalue weighted by atomic mass is 32.2. The molecule has 0 aromatic heterocycles. The number of nitrogens with zero attached hydrogens (tertiary/aromatic N) is 1. The van der Waals surface area contributed by atoms with Crippen LogP contribution >= 0.6 is 24.0 Å². The number of amides is 1. The van der Waals surface area contributed by atoms with Gasteiger partial charge in [-0.3, -0.25) is 9.69 Å². The van der Waals surface area contributed by atoms with Crippen molar-refractivity contribution in [2.24, 2.45) is 5.92 Å². The molecule has 1 amide bonds. The number of thioether (sulfide) groups is 1. The van der Waals surface area contributed by atoms with Crippen molar-refractivity contribution < 1.29 is 14.3 Å². The van der Waals surface area contributed by atoms with E-state index < -0.39 is 5.79 Å². The molecule has 2 aliphatic heterocycles. The Labute approximate surface area is 116 Å². The Balaban J connectivity index is 1.80. The van der Waals surface area contributed by atoms with E-state index in [2.05, 4.69) is 0 Å². The number of rotatable bonds is 1. The Morgan fingerprint density at radius 2 is 2.17 bits per heavy atom. The fourth-order valence-corrected chi connectivity index (χ4v) is 4.24. The third-order valence-corrected chi connectivity index (χ3v) is 5.33. The first kappa shape index (κ1) is 12.8. The third kappa shape index (κ3) is 2.09. The molecule has 0 N–H and O–H groups in total. The Morgan fingerprint density at radius 3 is 2.83 bits per heavy atom. The topological polar surface area (TPSA) is 38.8 Å². The maximum Gasteiger partial charge on any atom is 0.236 e. The van der Waals surface area contributed by atoms with E-state index in [1.165, 1.54) is 0 Å². The number of hydrogen-bond acceptors (Lipinski definition) is 5. The van der Waals surface area contributed by atoms with E-state index in [1.54, 1.807) is 16.7 Å². The van der Waals surface area contributed by atoms with Crippen molar-refractivity contribution >= 4 is 34.2 Å². The second kappa shape index (κ2) is 5.07. The summed E-state index contributed by atoms with van der Waals surface area (Å²) < 4.78 is 12.3. The van der Waals surface area contributed by atoms with Crippen LogP contribution in [0, 0.1) is 5.92 Å². The molecule has 1 atom stereocenters. The van der Waals surface area contributed by atoms with Crippen LogP contribution in [0.15, 0.2) is 0 Å². The van der Waals surface area contributed by atoms with E-state index in [-0.39, 0.29) is 11.8 Å². The summed E-state index contributed by atoms with van der Waals surface area (Å²) in [5.41, 5.74) is 0. The van der Waals surface area contributed by atoms with Gasteiger partial charge < -0.3 is 9.47 Å². The Morgan fingerprint density at radius 1 is 1.39 bits per heavy atom. The van der Waals surface area contributed by atoms with Crippen molar-refractivity contribution in [3.63, 3.8) is 0 Å². The van der Waals surface area contributed by atoms with Crippen LogP contribution in [-0.4, -0.2) is 46.4 Å². The zero-order valence-corrected chi connectivity index (χ0v) is 11.9. The molecule has 0 bridgehead atoms. The van der Waals surface area contributed by atoms with Crippen LogP contribution in [-0.2, 0) is 14.3 Å². The molecule has 3 aliphatic rings. The van der Waals surface area contributed by atoms with Gasteiger partial charge in [-0.15, -0.1) is 0 Å². The predicted molar refractivity (Wildman–Crippen MR) is 73.4 cm³/mol. The second-order valence-electron chi connectivity index (χ2n) is 4.91. The number of ether oxygens (including phenoxy) is 2. The number of carbonyl (C=O) groups excluding carboxylic acids is 1. The lowest BCUT2D eigenvalue weighted by molar-refractivity contribution is -0.214. The minimum Gasteiger partial charge on any atom is -0.347 e. The molecule has 100 valence electrons. The van der Waals surface area contributed by atoms with Crippen LogP contribution in [0.1, 0.15) is 25.7 Å². The molecule has 0 aromatic carbocycles. The quantitative estimate of drug-likeness (QED) is 0.687. The monoisotopic (exact) mass is 287 g/mol. The molecule has 3 rings (SSSR count). The molecule has 6 heteroatoms. The smallest absolute Gasteiger partial charge is 0.236 e. The second-order valence-corrected chi connectivity index (χ2v) is 6.64. The highest BCUT2D eigenvalue weighted by molar-refractivity contribution is 8.23. The van der Waals surface area contributed by atoms with Gasteiger partial charge in [-0.25, -0.2) is 0 Å². The number of carbonyl (C=O) groups is 1. The molecule has 3 fully saturated rings. The molecule has 0 radical (unpaired) electrons. The molecule has 0 unspecified atom stereocenters. The first-order valence-corrected chi connectivity index (χ1v) is 7.88. The largest absolute Gasteiger partial charge is 0.347 e. The first-order valence-electron chi connectivity index (χ1n) is 6.49. The molecule has 1 spiro atoms. The van der Waals surface area contributed by atoms with Crippen molar-refractivity contribution in [2.45, 2.75) is 31.5 Å². The van der Waals surface area contributed by atoms with E-state index in [4.69, 9.17) is 21.7 Å². The molecule has 1 saturated carbocycles. The van der Waals surface area contributed by atoms with Gasteiger partial charge in [-0.2, -0.15) is 0 Å². The minimum absolute atomic E-state index is 0.103. The average molecular weight is 287 g/mol. The van der Waals surface area contributed by atoms with Crippen molar-refractivity contribution in [3.8, 4) is 0 Å². The van der Waals surface area contributed by atoms with Gasteiger partial charge in [-0.1, -0.05) is 30.4 Å². The molecular weight excluding hydrogens is 270 g/mol. The van der Waals surface area contributed by atoms with Gasteiger partial charge in [-0.05, 0) is 12.8 Å². The normalized spacial score (nSPS) is 31.2. The van der Waals surface area contributed by atoms with Gasteiger partial charge in [0.1, 0.15) is 4.32 Å². The molecule has 2 saturated heterocycles. The summed E-state index contributed by atoms with van der Waals surface area (Å²) in [5.74, 6) is 0.182. The van der Waals surface area contributed by atoms with Crippen LogP contribution in [0.3, 0.4) is 0 Å². The number of hydrogen-bond donors (Lipinski definition) is 0. The van der Waals surface area contributed by atoms with Crippen LogP contribution in [0.4, 0.5) is 0 Å². The lowest BCUT2D eigenvalue weighted by Crippen LogP contribution is -2.51. The van der Waals surface area contributed by atoms with Gasteiger partial charge in [0.05, 0.1) is 19.1 Å². The van der Waals surface area contributed by atoms with Crippen LogP contribution < -0.4 is 0 Å². The zero-order valence-electron chi connectivity index (χ0n) is 10.2. The third-order valence-electron chi connectivity index (χ3n) is 3.90. The van der Waals surface area contributed by atoms with Gasteiger partial charge >= 0.3 is 0 Å². The van der Waals surface area contributed by atoms with Crippen molar-refractivity contribution in [2.75, 3.05) is 25.5 Å². The molecule has 18 heavy (non-hydrogen) atoms. The summed E-state index contributed by atoms with van der Waals surface area (Å²) >= 11 is 6.82. The minimum atomic E-state index is -0.655. The van der Waals surface area contributed by atoms with E-state index in [0.29, 0.717) is 17.5 Å². The lowest BCUT2D eigenvalue weighted by atomic mass is 9.82. The summed E-state index contributed by atoms with van der Waals surface area (Å²) in [6.45, 7) is 1.93. The predicted octanol–water partition coefficient (Wildman–Crippen LogP) is 1.78. The van der Waals surface area contributed by atoms with Crippen molar-refractivity contribution in [1.82, 2.24) is 4.90 Å². The maximum atomic E-state index is 12.6. The summed E-state index contributed by atoms with van der Waals surface area (Å²) in [5, 5.41) is 0. The van der Waals surface area contributed by atoms with E-state index >= 15 is 0 Å². The summed E-state index contributed by atoms with van der Waals surface area (Å²) in [6.07, 6.45) is 3.82. The highest BCUT2D eigenvalue weighted by Gasteiger charge is 2.51. The fraction of sp³-hybridized carbons (Fsp3) is 0.833. The summed E-state index contributed by atoms with van der Waals surface area (Å²) in [4.78, 5) is 14.4. The van der Waals surface area contributed by atoms with Crippen LogP contribution in [0.2, 0.25) is 0 Å². The zero-order chi connectivity index (χ0) is 12.6. The van der Waals surface area contributed by atoms with E-state index in [9.17, 15) is 4.79 Å². The molecule has 0 aromatic rings. The molecular formula is C12H17NO3S2. The first-order chi connectivity index (χ1) is 8.73. The highest BCUT2D eigenvalue weighted by Crippen LogP contribution is 2.42. The average Bonchev–Trinajstić information content (AvgIpc) is 2.99. The molecule has 2 heterocycles. The maximum absolute atomic E-state index is 12.6. The van der Waals surface area contributed by atoms with E-state index in [0.717, 1.165) is 38.0 Å². The number of thiocarbonyl (C=S) groups is 1. The lowest BCUT2D eigenvalue weighted by Gasteiger charge is -2.39. The van der Waals surface area contributed by atoms with Crippen molar-refractivity contribution in [3.05, 3.63) is 0 Å². The fourth-order valence-electron chi connectivity index (χ4n) is 3.02. The summed E-state index contributed by atoms with van der Waals surface area (Å²) in [6, 6.07) is 0. The van der Waals surface area contributed by atoms with Gasteiger partial charge in [0.2, 0.25) is 5.91 Å². The Kier molecular flexibility index (Phi) is 3.62. The summed E-state index contributed by atoms with van der Waals surface area (Å²) in [7, 11) is 0. The molecule has 4 nitrogen and oxygen atoms in total. The molecule has 1 aliphatic carbocycles. The Hall–Kier alpha value is -0.170. The standard InChI is InChI=1S/C12H17NO3S2/c14-10(13-5-8-18-11(13)17)9-3-1-2-4-12(9)15-6-7-16-12/h9H,1-8H2/t9-/m0/s1.